The first-order valence-electron chi connectivity index (χ1n) is 10.0. The van der Waals surface area contributed by atoms with Crippen molar-refractivity contribution < 1.29 is 13.2 Å². The number of benzene rings is 2. The molecule has 0 bridgehead atoms. The molecule has 1 heterocycles. The van der Waals surface area contributed by atoms with Crippen molar-refractivity contribution in [3.63, 3.8) is 0 Å². The zero-order valence-electron chi connectivity index (χ0n) is 17.3. The third kappa shape index (κ3) is 5.82. The monoisotopic (exact) mass is 449 g/mol. The van der Waals surface area contributed by atoms with Crippen LogP contribution in [0.2, 0.25) is 5.02 Å². The molecular formula is C22H28ClN3O3S. The van der Waals surface area contributed by atoms with Gasteiger partial charge in [0.2, 0.25) is 15.9 Å². The van der Waals surface area contributed by atoms with Gasteiger partial charge in [0.1, 0.15) is 0 Å². The Morgan fingerprint density at radius 1 is 1.13 bits per heavy atom. The molecule has 0 aromatic heterocycles. The van der Waals surface area contributed by atoms with E-state index in [4.69, 9.17) is 11.6 Å². The number of rotatable bonds is 8. The number of amides is 1. The Labute approximate surface area is 183 Å². The lowest BCUT2D eigenvalue weighted by molar-refractivity contribution is -0.121. The van der Waals surface area contributed by atoms with Crippen molar-refractivity contribution in [3.8, 4) is 0 Å². The predicted octanol–water partition coefficient (Wildman–Crippen LogP) is 2.96. The molecule has 0 fully saturated rings. The molecular weight excluding hydrogens is 422 g/mol. The average Bonchev–Trinajstić information content (AvgIpc) is 2.72. The summed E-state index contributed by atoms with van der Waals surface area (Å²) in [7, 11) is -3.69. The number of hydrogen-bond donors (Lipinski definition) is 2. The van der Waals surface area contributed by atoms with Crippen LogP contribution in [0, 0.1) is 0 Å². The van der Waals surface area contributed by atoms with Gasteiger partial charge in [-0.05, 0) is 49.6 Å². The standard InChI is InChI=1S/C22H28ClN3O3S/c1-22(2,26-13-11-17-6-3-4-7-18(17)15-26)16-24-21(27)10-12-25-30(28,29)20-9-5-8-19(23)14-20/h3-9,14,25H,10-13,15-16H2,1-2H3,(H,24,27). The van der Waals surface area contributed by atoms with Crippen LogP contribution >= 0.6 is 11.6 Å². The second-order valence-electron chi connectivity index (χ2n) is 8.13. The number of carbonyl (C=O) groups is 1. The van der Waals surface area contributed by atoms with Crippen LogP contribution in [0.5, 0.6) is 0 Å². The van der Waals surface area contributed by atoms with Gasteiger partial charge in [0.25, 0.3) is 0 Å². The Kier molecular flexibility index (Phi) is 7.18. The average molecular weight is 450 g/mol. The summed E-state index contributed by atoms with van der Waals surface area (Å²) in [5, 5.41) is 3.29. The fraction of sp³-hybridized carbons (Fsp3) is 0.409. The number of sulfonamides is 1. The van der Waals surface area contributed by atoms with Gasteiger partial charge in [-0.2, -0.15) is 0 Å². The zero-order chi connectivity index (χ0) is 21.8. The number of hydrogen-bond acceptors (Lipinski definition) is 4. The fourth-order valence-electron chi connectivity index (χ4n) is 3.54. The van der Waals surface area contributed by atoms with Crippen molar-refractivity contribution in [2.45, 2.75) is 43.7 Å². The van der Waals surface area contributed by atoms with Crippen molar-refractivity contribution in [2.24, 2.45) is 0 Å². The van der Waals surface area contributed by atoms with Crippen LogP contribution in [0.4, 0.5) is 0 Å². The summed E-state index contributed by atoms with van der Waals surface area (Å²) in [6.07, 6.45) is 1.07. The van der Waals surface area contributed by atoms with E-state index in [-0.39, 0.29) is 29.3 Å². The van der Waals surface area contributed by atoms with Gasteiger partial charge in [0.05, 0.1) is 4.90 Å². The number of carbonyl (C=O) groups excluding carboxylic acids is 1. The summed E-state index contributed by atoms with van der Waals surface area (Å²) < 4.78 is 27.0. The number of fused-ring (bicyclic) bond motifs is 1. The molecule has 0 spiro atoms. The summed E-state index contributed by atoms with van der Waals surface area (Å²) >= 11 is 5.85. The van der Waals surface area contributed by atoms with Crippen molar-refractivity contribution in [1.82, 2.24) is 14.9 Å². The molecule has 162 valence electrons. The van der Waals surface area contributed by atoms with Crippen molar-refractivity contribution in [2.75, 3.05) is 19.6 Å². The molecule has 8 heteroatoms. The molecule has 0 saturated carbocycles. The minimum absolute atomic E-state index is 0.0260. The molecule has 6 nitrogen and oxygen atoms in total. The van der Waals surface area contributed by atoms with E-state index in [2.05, 4.69) is 53.1 Å². The number of nitrogens with zero attached hydrogens (tertiary/aromatic N) is 1. The molecule has 0 radical (unpaired) electrons. The molecule has 1 aliphatic rings. The molecule has 0 unspecified atom stereocenters. The van der Waals surface area contributed by atoms with Crippen LogP contribution in [0.25, 0.3) is 0 Å². The number of halogens is 1. The molecule has 2 aromatic carbocycles. The third-order valence-electron chi connectivity index (χ3n) is 5.46. The van der Waals surface area contributed by atoms with Crippen LogP contribution in [0.1, 0.15) is 31.4 Å². The molecule has 2 aromatic rings. The third-order valence-corrected chi connectivity index (χ3v) is 7.15. The lowest BCUT2D eigenvalue weighted by Gasteiger charge is -2.41. The molecule has 1 amide bonds. The van der Waals surface area contributed by atoms with E-state index < -0.39 is 10.0 Å². The van der Waals surface area contributed by atoms with Crippen LogP contribution in [0.15, 0.2) is 53.4 Å². The molecule has 2 N–H and O–H groups in total. The highest BCUT2D eigenvalue weighted by atomic mass is 35.5. The Hall–Kier alpha value is -1.93. The summed E-state index contributed by atoms with van der Waals surface area (Å²) in [5.41, 5.74) is 2.52. The van der Waals surface area contributed by atoms with Gasteiger partial charge in [-0.1, -0.05) is 41.9 Å². The van der Waals surface area contributed by atoms with Gasteiger partial charge in [-0.25, -0.2) is 13.1 Å². The van der Waals surface area contributed by atoms with Crippen molar-refractivity contribution >= 4 is 27.5 Å². The first-order valence-corrected chi connectivity index (χ1v) is 11.9. The summed E-state index contributed by atoms with van der Waals surface area (Å²) in [6, 6.07) is 14.5. The van der Waals surface area contributed by atoms with Crippen LogP contribution in [-0.2, 0) is 27.8 Å². The lowest BCUT2D eigenvalue weighted by atomic mass is 9.94. The molecule has 0 atom stereocenters. The van der Waals surface area contributed by atoms with Gasteiger partial charge in [-0.3, -0.25) is 9.69 Å². The van der Waals surface area contributed by atoms with Gasteiger partial charge in [-0.15, -0.1) is 0 Å². The van der Waals surface area contributed by atoms with Crippen molar-refractivity contribution in [1.29, 1.82) is 0 Å². The molecule has 0 saturated heterocycles. The van der Waals surface area contributed by atoms with E-state index in [0.717, 1.165) is 19.5 Å². The summed E-state index contributed by atoms with van der Waals surface area (Å²) in [4.78, 5) is 14.7. The fourth-order valence-corrected chi connectivity index (χ4v) is 4.88. The Morgan fingerprint density at radius 2 is 1.87 bits per heavy atom. The van der Waals surface area contributed by atoms with Gasteiger partial charge in [0.15, 0.2) is 0 Å². The second kappa shape index (κ2) is 9.47. The molecule has 30 heavy (non-hydrogen) atoms. The highest BCUT2D eigenvalue weighted by Gasteiger charge is 2.30. The van der Waals surface area contributed by atoms with Crippen molar-refractivity contribution in [3.05, 3.63) is 64.7 Å². The quantitative estimate of drug-likeness (QED) is 0.649. The van der Waals surface area contributed by atoms with E-state index >= 15 is 0 Å². The Balaban J connectivity index is 1.46. The predicted molar refractivity (Wildman–Crippen MR) is 119 cm³/mol. The topological polar surface area (TPSA) is 78.5 Å². The highest BCUT2D eigenvalue weighted by Crippen LogP contribution is 2.25. The Bertz CT molecular complexity index is 1010. The van der Waals surface area contributed by atoms with E-state index in [1.165, 1.54) is 23.3 Å². The van der Waals surface area contributed by atoms with Gasteiger partial charge < -0.3 is 5.32 Å². The zero-order valence-corrected chi connectivity index (χ0v) is 18.9. The van der Waals surface area contributed by atoms with Crippen LogP contribution in [0.3, 0.4) is 0 Å². The minimum Gasteiger partial charge on any atom is -0.354 e. The molecule has 3 rings (SSSR count). The van der Waals surface area contributed by atoms with Crippen LogP contribution in [-0.4, -0.2) is 44.4 Å². The maximum atomic E-state index is 12.3. The van der Waals surface area contributed by atoms with Gasteiger partial charge in [0, 0.05) is 43.2 Å². The van der Waals surface area contributed by atoms with Crippen LogP contribution < -0.4 is 10.0 Å². The smallest absolute Gasteiger partial charge is 0.240 e. The van der Waals surface area contributed by atoms with Gasteiger partial charge >= 0.3 is 0 Å². The molecule has 1 aliphatic heterocycles. The second-order valence-corrected chi connectivity index (χ2v) is 10.3. The van der Waals surface area contributed by atoms with E-state index in [1.807, 2.05) is 0 Å². The summed E-state index contributed by atoms with van der Waals surface area (Å²) in [6.45, 7) is 6.55. The first kappa shape index (κ1) is 22.7. The maximum Gasteiger partial charge on any atom is 0.240 e. The largest absolute Gasteiger partial charge is 0.354 e. The minimum atomic E-state index is -3.69. The normalized spacial score (nSPS) is 14.9. The Morgan fingerprint density at radius 3 is 2.60 bits per heavy atom. The van der Waals surface area contributed by atoms with E-state index in [0.29, 0.717) is 11.6 Å². The SMILES string of the molecule is CC(C)(CNC(=O)CCNS(=O)(=O)c1cccc(Cl)c1)N1CCc2ccccc2C1. The first-order chi connectivity index (χ1) is 14.2. The maximum absolute atomic E-state index is 12.3. The number of nitrogens with one attached hydrogen (secondary N) is 2. The highest BCUT2D eigenvalue weighted by molar-refractivity contribution is 7.89. The lowest BCUT2D eigenvalue weighted by Crippen LogP contribution is -2.53. The van der Waals surface area contributed by atoms with E-state index in [9.17, 15) is 13.2 Å². The van der Waals surface area contributed by atoms with E-state index in [1.54, 1.807) is 12.1 Å². The molecule has 0 aliphatic carbocycles. The summed E-state index contributed by atoms with van der Waals surface area (Å²) in [5.74, 6) is -0.186.